The molecule has 0 amide bonds. The number of carbonyl (C=O) groups is 1. The molecule has 0 saturated heterocycles. The third-order valence-electron chi connectivity index (χ3n) is 2.63. The Labute approximate surface area is 121 Å². The van der Waals surface area contributed by atoms with Crippen molar-refractivity contribution in [2.45, 2.75) is 4.90 Å². The van der Waals surface area contributed by atoms with E-state index in [2.05, 4.69) is 4.99 Å². The van der Waals surface area contributed by atoms with Crippen LogP contribution in [0.15, 0.2) is 58.7 Å². The highest BCUT2D eigenvalue weighted by Crippen LogP contribution is 2.21. The molecule has 0 aromatic heterocycles. The van der Waals surface area contributed by atoms with Crippen LogP contribution in [0.5, 0.6) is 5.75 Å². The predicted octanol–water partition coefficient (Wildman–Crippen LogP) is 1.21. The Bertz CT molecular complexity index is 732. The summed E-state index contributed by atoms with van der Waals surface area (Å²) in [5, 5.41) is 9.10. The van der Waals surface area contributed by atoms with Gasteiger partial charge in [-0.1, -0.05) is 0 Å². The van der Waals surface area contributed by atoms with Crippen LogP contribution in [0.1, 0.15) is 0 Å². The van der Waals surface area contributed by atoms with Crippen molar-refractivity contribution in [1.82, 2.24) is 4.31 Å². The van der Waals surface area contributed by atoms with Gasteiger partial charge in [0.2, 0.25) is 5.84 Å². The number of carboxylic acids is 1. The smallest absolute Gasteiger partial charge is 0.373 e. The van der Waals surface area contributed by atoms with Gasteiger partial charge < -0.3 is 9.84 Å². The van der Waals surface area contributed by atoms with Crippen molar-refractivity contribution in [3.63, 3.8) is 0 Å². The first kappa shape index (κ1) is 14.8. The molecule has 8 heteroatoms. The zero-order valence-corrected chi connectivity index (χ0v) is 11.8. The van der Waals surface area contributed by atoms with E-state index >= 15 is 0 Å². The van der Waals surface area contributed by atoms with Crippen LogP contribution in [0.4, 0.5) is 0 Å². The monoisotopic (exact) mass is 308 g/mol. The molecule has 1 aliphatic rings. The topological polar surface area (TPSA) is 96.3 Å². The first-order valence-electron chi connectivity index (χ1n) is 5.80. The van der Waals surface area contributed by atoms with Crippen molar-refractivity contribution in [2.75, 3.05) is 7.11 Å². The minimum absolute atomic E-state index is 0.0659. The van der Waals surface area contributed by atoms with Crippen LogP contribution in [-0.2, 0) is 14.8 Å². The molecule has 110 valence electrons. The lowest BCUT2D eigenvalue weighted by Gasteiger charge is -2.18. The normalized spacial score (nSPS) is 14.5. The molecule has 1 aromatic rings. The maximum atomic E-state index is 12.5. The Kier molecular flexibility index (Phi) is 4.08. The van der Waals surface area contributed by atoms with Crippen molar-refractivity contribution < 1.29 is 23.1 Å². The largest absolute Gasteiger partial charge is 0.497 e. The summed E-state index contributed by atoms with van der Waals surface area (Å²) in [6.07, 6.45) is 5.17. The van der Waals surface area contributed by atoms with E-state index in [1.165, 1.54) is 49.7 Å². The second-order valence-electron chi connectivity index (χ2n) is 3.92. The van der Waals surface area contributed by atoms with Crippen LogP contribution in [0.3, 0.4) is 0 Å². The van der Waals surface area contributed by atoms with Gasteiger partial charge >= 0.3 is 5.97 Å². The third kappa shape index (κ3) is 2.95. The van der Waals surface area contributed by atoms with Gasteiger partial charge in [0.25, 0.3) is 10.0 Å². The van der Waals surface area contributed by atoms with E-state index in [1.807, 2.05) is 0 Å². The molecule has 7 nitrogen and oxygen atoms in total. The lowest BCUT2D eigenvalue weighted by atomic mass is 10.3. The second-order valence-corrected chi connectivity index (χ2v) is 5.73. The molecule has 0 spiro atoms. The Morgan fingerprint density at radius 2 is 1.90 bits per heavy atom. The number of nitrogens with zero attached hydrogens (tertiary/aromatic N) is 2. The van der Waals surface area contributed by atoms with Crippen molar-refractivity contribution in [2.24, 2.45) is 4.99 Å². The molecule has 1 aromatic carbocycles. The van der Waals surface area contributed by atoms with Crippen LogP contribution in [0, 0.1) is 0 Å². The molecule has 0 bridgehead atoms. The molecular weight excluding hydrogens is 296 g/mol. The molecule has 0 atom stereocenters. The number of methoxy groups -OCH3 is 1. The fraction of sp³-hybridized carbons (Fsp3) is 0.0769. The van der Waals surface area contributed by atoms with Crippen molar-refractivity contribution in [1.29, 1.82) is 0 Å². The SMILES string of the molecule is COc1ccc(S(=O)(=O)N2C=CC=CN=C2C(=O)O)cc1. The molecule has 0 fully saturated rings. The third-order valence-corrected chi connectivity index (χ3v) is 4.31. The molecule has 1 heterocycles. The number of ether oxygens (including phenoxy) is 1. The number of carboxylic acid groups (broad SMARTS) is 1. The molecule has 0 unspecified atom stereocenters. The Morgan fingerprint density at radius 1 is 1.24 bits per heavy atom. The van der Waals surface area contributed by atoms with Gasteiger partial charge in [0.1, 0.15) is 5.75 Å². The van der Waals surface area contributed by atoms with Crippen molar-refractivity contribution >= 4 is 21.8 Å². The molecule has 1 aliphatic heterocycles. The van der Waals surface area contributed by atoms with Crippen LogP contribution < -0.4 is 4.74 Å². The second kappa shape index (κ2) is 5.80. The van der Waals surface area contributed by atoms with Gasteiger partial charge in [-0.25, -0.2) is 22.5 Å². The summed E-state index contributed by atoms with van der Waals surface area (Å²) in [4.78, 5) is 14.7. The summed E-state index contributed by atoms with van der Waals surface area (Å²) in [7, 11) is -2.60. The molecule has 0 radical (unpaired) electrons. The van der Waals surface area contributed by atoms with Gasteiger partial charge in [0.15, 0.2) is 0 Å². The number of sulfonamides is 1. The maximum Gasteiger partial charge on any atom is 0.373 e. The van der Waals surface area contributed by atoms with Crippen molar-refractivity contribution in [3.8, 4) is 5.75 Å². The number of rotatable bonds is 4. The number of aliphatic carboxylic acids is 1. The zero-order valence-electron chi connectivity index (χ0n) is 11.0. The minimum Gasteiger partial charge on any atom is -0.497 e. The van der Waals surface area contributed by atoms with Crippen LogP contribution in [0.2, 0.25) is 0 Å². The fourth-order valence-corrected chi connectivity index (χ4v) is 2.91. The molecular formula is C13H12N2O5S. The summed E-state index contributed by atoms with van der Waals surface area (Å²) in [6.45, 7) is 0. The zero-order chi connectivity index (χ0) is 15.5. The number of allylic oxidation sites excluding steroid dienone is 2. The number of aliphatic imine (C=N–C) groups is 1. The van der Waals surface area contributed by atoms with E-state index in [0.29, 0.717) is 10.1 Å². The average molecular weight is 308 g/mol. The van der Waals surface area contributed by atoms with Gasteiger partial charge in [-0.15, -0.1) is 0 Å². The summed E-state index contributed by atoms with van der Waals surface area (Å²) in [6, 6.07) is 5.62. The van der Waals surface area contributed by atoms with E-state index < -0.39 is 21.8 Å². The van der Waals surface area contributed by atoms with Crippen LogP contribution in [-0.4, -0.2) is 36.7 Å². The Balaban J connectivity index is 2.48. The standard InChI is InChI=1S/C13H12N2O5S/c1-20-10-4-6-11(7-5-10)21(18,19)15-9-3-2-8-14-12(15)13(16)17/h2-9H,1H3,(H,16,17). The van der Waals surface area contributed by atoms with Gasteiger partial charge in [-0.05, 0) is 36.4 Å². The van der Waals surface area contributed by atoms with Crippen molar-refractivity contribution in [3.05, 3.63) is 48.8 Å². The molecule has 0 saturated carbocycles. The van der Waals surface area contributed by atoms with E-state index in [0.717, 1.165) is 6.20 Å². The summed E-state index contributed by atoms with van der Waals surface area (Å²) in [5.41, 5.74) is 0. The highest BCUT2D eigenvalue weighted by Gasteiger charge is 2.30. The van der Waals surface area contributed by atoms with Gasteiger partial charge in [0.05, 0.1) is 12.0 Å². The van der Waals surface area contributed by atoms with E-state index in [9.17, 15) is 13.2 Å². The van der Waals surface area contributed by atoms with Crippen LogP contribution >= 0.6 is 0 Å². The van der Waals surface area contributed by atoms with E-state index in [4.69, 9.17) is 9.84 Å². The Morgan fingerprint density at radius 3 is 2.48 bits per heavy atom. The van der Waals surface area contributed by atoms with E-state index in [1.54, 1.807) is 0 Å². The minimum atomic E-state index is -4.07. The number of amidine groups is 1. The Hall–Kier alpha value is -2.61. The first-order chi connectivity index (χ1) is 9.96. The number of hydrogen-bond acceptors (Lipinski definition) is 5. The van der Waals surface area contributed by atoms with Gasteiger partial charge in [-0.2, -0.15) is 0 Å². The lowest BCUT2D eigenvalue weighted by molar-refractivity contribution is -0.129. The fourth-order valence-electron chi connectivity index (χ4n) is 1.62. The summed E-state index contributed by atoms with van der Waals surface area (Å²) in [5.74, 6) is -1.55. The summed E-state index contributed by atoms with van der Waals surface area (Å²) < 4.78 is 30.6. The first-order valence-corrected chi connectivity index (χ1v) is 7.24. The van der Waals surface area contributed by atoms with Gasteiger partial charge in [0, 0.05) is 12.4 Å². The van der Waals surface area contributed by atoms with E-state index in [-0.39, 0.29) is 4.90 Å². The average Bonchev–Trinajstić information content (AvgIpc) is 2.73. The van der Waals surface area contributed by atoms with Crippen LogP contribution in [0.25, 0.3) is 0 Å². The number of benzene rings is 1. The highest BCUT2D eigenvalue weighted by molar-refractivity contribution is 7.89. The summed E-state index contributed by atoms with van der Waals surface area (Å²) >= 11 is 0. The predicted molar refractivity (Wildman–Crippen MR) is 75.4 cm³/mol. The number of hydrogen-bond donors (Lipinski definition) is 1. The van der Waals surface area contributed by atoms with Gasteiger partial charge in [-0.3, -0.25) is 0 Å². The highest BCUT2D eigenvalue weighted by atomic mass is 32.2. The molecule has 1 N–H and O–H groups in total. The molecule has 2 rings (SSSR count). The molecule has 21 heavy (non-hydrogen) atoms. The lowest BCUT2D eigenvalue weighted by Crippen LogP contribution is -2.37. The molecule has 0 aliphatic carbocycles. The quantitative estimate of drug-likeness (QED) is 0.902. The maximum absolute atomic E-state index is 12.5.